The lowest BCUT2D eigenvalue weighted by atomic mass is 10.0. The van der Waals surface area contributed by atoms with Gasteiger partial charge in [-0.3, -0.25) is 33.2 Å². The van der Waals surface area contributed by atoms with Crippen molar-refractivity contribution in [3.8, 4) is 0 Å². The van der Waals surface area contributed by atoms with Crippen molar-refractivity contribution in [3.63, 3.8) is 0 Å². The first-order valence-corrected chi connectivity index (χ1v) is 14.6. The highest BCUT2D eigenvalue weighted by Crippen LogP contribution is 2.49. The minimum atomic E-state index is -4.39. The number of phosphoric acid groups is 1. The zero-order valence-corrected chi connectivity index (χ0v) is 22.9. The highest BCUT2D eigenvalue weighted by atomic mass is 35.5. The molecule has 1 saturated heterocycles. The molecule has 0 spiro atoms. The van der Waals surface area contributed by atoms with Gasteiger partial charge in [0.2, 0.25) is 11.8 Å². The van der Waals surface area contributed by atoms with Crippen LogP contribution in [0.5, 0.6) is 0 Å². The van der Waals surface area contributed by atoms with Crippen LogP contribution in [-0.2, 0) is 53.6 Å². The van der Waals surface area contributed by atoms with Gasteiger partial charge in [0.15, 0.2) is 0 Å². The van der Waals surface area contributed by atoms with Gasteiger partial charge in [-0.15, -0.1) is 0 Å². The molecule has 2 aliphatic heterocycles. The molecule has 214 valence electrons. The maximum atomic E-state index is 14.6. The first-order valence-electron chi connectivity index (χ1n) is 12.7. The number of alkyl halides is 2. The standard InChI is InChI=1S/C26H27ClF2N3O7P/c27-20-5-3-19(4-6-20)26(28,29)25(35)30-12-16-1-2-17-13-31(14-18(17)11-16)22-9-10-23(33)32(24(22)34)15-38-40(36,37)39-21-7-8-21/h1-6,11,21-22H,7-10,12-15H2,(H,30,35)(H,36,37). The number of imide groups is 1. The number of halogens is 3. The Morgan fingerprint density at radius 3 is 2.50 bits per heavy atom. The number of fused-ring (bicyclic) bond motifs is 1. The van der Waals surface area contributed by atoms with Crippen molar-refractivity contribution >= 4 is 37.1 Å². The molecule has 10 nitrogen and oxygen atoms in total. The van der Waals surface area contributed by atoms with Gasteiger partial charge in [-0.1, -0.05) is 41.9 Å². The summed E-state index contributed by atoms with van der Waals surface area (Å²) < 4.78 is 51.0. The molecule has 2 heterocycles. The van der Waals surface area contributed by atoms with E-state index in [0.29, 0.717) is 31.5 Å². The summed E-state index contributed by atoms with van der Waals surface area (Å²) in [6.07, 6.45) is 1.29. The summed E-state index contributed by atoms with van der Waals surface area (Å²) in [5.41, 5.74) is 1.93. The summed E-state index contributed by atoms with van der Waals surface area (Å²) in [5.74, 6) is -6.21. The maximum Gasteiger partial charge on any atom is 0.474 e. The molecule has 2 N–H and O–H groups in total. The summed E-state index contributed by atoms with van der Waals surface area (Å²) in [6, 6.07) is 9.44. The lowest BCUT2D eigenvalue weighted by Gasteiger charge is -2.35. The number of hydrogen-bond donors (Lipinski definition) is 2. The Kier molecular flexibility index (Phi) is 8.11. The van der Waals surface area contributed by atoms with Crippen LogP contribution in [-0.4, -0.2) is 51.3 Å². The largest absolute Gasteiger partial charge is 0.474 e. The SMILES string of the molecule is O=C1CCC(N2Cc3ccc(CNC(=O)C(F)(F)c4ccc(Cl)cc4)cc3C2)C(=O)N1COP(=O)(O)OC1CC1. The summed E-state index contributed by atoms with van der Waals surface area (Å²) in [4.78, 5) is 50.3. The number of nitrogens with one attached hydrogen (secondary N) is 1. The van der Waals surface area contributed by atoms with E-state index in [4.69, 9.17) is 20.6 Å². The molecular weight excluding hydrogens is 571 g/mol. The van der Waals surface area contributed by atoms with Crippen molar-refractivity contribution < 1.29 is 41.7 Å². The van der Waals surface area contributed by atoms with Gasteiger partial charge in [0, 0.05) is 36.6 Å². The molecule has 2 unspecified atom stereocenters. The second-order valence-corrected chi connectivity index (χ2v) is 11.9. The van der Waals surface area contributed by atoms with Crippen molar-refractivity contribution in [1.29, 1.82) is 0 Å². The number of piperidine rings is 1. The second kappa shape index (κ2) is 11.3. The summed E-state index contributed by atoms with van der Waals surface area (Å²) >= 11 is 5.74. The maximum absolute atomic E-state index is 14.6. The van der Waals surface area contributed by atoms with E-state index in [1.165, 1.54) is 12.1 Å². The Balaban J connectivity index is 1.18. The molecule has 3 aliphatic rings. The van der Waals surface area contributed by atoms with Crippen molar-refractivity contribution in [2.45, 2.75) is 63.4 Å². The Hall–Kier alpha value is -2.73. The van der Waals surface area contributed by atoms with E-state index in [1.807, 2.05) is 11.0 Å². The zero-order chi connectivity index (χ0) is 28.7. The summed E-state index contributed by atoms with van der Waals surface area (Å²) in [6.45, 7) is -0.0266. The third-order valence-electron chi connectivity index (χ3n) is 7.04. The van der Waals surface area contributed by atoms with Crippen LogP contribution in [0.15, 0.2) is 42.5 Å². The van der Waals surface area contributed by atoms with Gasteiger partial charge in [0.25, 0.3) is 5.91 Å². The molecule has 0 aromatic heterocycles. The second-order valence-electron chi connectivity index (χ2n) is 10.0. The van der Waals surface area contributed by atoms with Crippen LogP contribution in [0.4, 0.5) is 8.78 Å². The minimum absolute atomic E-state index is 0.0605. The highest BCUT2D eigenvalue weighted by Gasteiger charge is 2.42. The van der Waals surface area contributed by atoms with E-state index < -0.39 is 49.8 Å². The Bertz CT molecular complexity index is 1370. The van der Waals surface area contributed by atoms with Crippen molar-refractivity contribution in [3.05, 3.63) is 69.7 Å². The van der Waals surface area contributed by atoms with E-state index in [1.54, 1.807) is 12.1 Å². The average molecular weight is 598 g/mol. The van der Waals surface area contributed by atoms with Crippen LogP contribution in [0.25, 0.3) is 0 Å². The number of likely N-dealkylation sites (tertiary alicyclic amines) is 1. The quantitative estimate of drug-likeness (QED) is 0.313. The average Bonchev–Trinajstić information content (AvgIpc) is 3.61. The monoisotopic (exact) mass is 597 g/mol. The molecule has 1 saturated carbocycles. The van der Waals surface area contributed by atoms with Gasteiger partial charge in [-0.05, 0) is 48.1 Å². The van der Waals surface area contributed by atoms with Crippen LogP contribution in [0.1, 0.15) is 47.9 Å². The molecule has 2 fully saturated rings. The first kappa shape index (κ1) is 28.8. The molecule has 5 rings (SSSR count). The predicted molar refractivity (Wildman–Crippen MR) is 138 cm³/mol. The third kappa shape index (κ3) is 6.43. The van der Waals surface area contributed by atoms with E-state index in [-0.39, 0.29) is 30.5 Å². The van der Waals surface area contributed by atoms with Crippen molar-refractivity contribution in [2.75, 3.05) is 6.73 Å². The van der Waals surface area contributed by atoms with Crippen LogP contribution >= 0.6 is 19.4 Å². The minimum Gasteiger partial charge on any atom is -0.346 e. The van der Waals surface area contributed by atoms with E-state index in [9.17, 15) is 32.6 Å². The van der Waals surface area contributed by atoms with Gasteiger partial charge in [-0.25, -0.2) is 4.57 Å². The zero-order valence-electron chi connectivity index (χ0n) is 21.2. The van der Waals surface area contributed by atoms with Gasteiger partial charge in [0.1, 0.15) is 6.73 Å². The van der Waals surface area contributed by atoms with Gasteiger partial charge in [-0.2, -0.15) is 8.78 Å². The fraction of sp³-hybridized carbons (Fsp3) is 0.423. The Morgan fingerprint density at radius 1 is 1.10 bits per heavy atom. The lowest BCUT2D eigenvalue weighted by molar-refractivity contribution is -0.157. The van der Waals surface area contributed by atoms with Gasteiger partial charge >= 0.3 is 13.7 Å². The van der Waals surface area contributed by atoms with Crippen molar-refractivity contribution in [1.82, 2.24) is 15.1 Å². The van der Waals surface area contributed by atoms with Crippen LogP contribution < -0.4 is 5.32 Å². The normalized spacial score (nSPS) is 21.3. The third-order valence-corrected chi connectivity index (χ3v) is 8.30. The summed E-state index contributed by atoms with van der Waals surface area (Å²) in [7, 11) is -4.39. The van der Waals surface area contributed by atoms with E-state index in [0.717, 1.165) is 28.2 Å². The van der Waals surface area contributed by atoms with Crippen LogP contribution in [0, 0.1) is 0 Å². The highest BCUT2D eigenvalue weighted by molar-refractivity contribution is 7.47. The van der Waals surface area contributed by atoms with Crippen LogP contribution in [0.3, 0.4) is 0 Å². The van der Waals surface area contributed by atoms with Gasteiger partial charge in [0.05, 0.1) is 12.1 Å². The van der Waals surface area contributed by atoms with E-state index in [2.05, 4.69) is 5.32 Å². The molecule has 14 heteroatoms. The van der Waals surface area contributed by atoms with E-state index >= 15 is 0 Å². The number of carbonyl (C=O) groups excluding carboxylic acids is 3. The molecule has 3 amide bonds. The number of carbonyl (C=O) groups is 3. The number of hydrogen-bond acceptors (Lipinski definition) is 7. The van der Waals surface area contributed by atoms with Gasteiger partial charge < -0.3 is 10.2 Å². The topological polar surface area (TPSA) is 125 Å². The Labute approximate surface area is 233 Å². The summed E-state index contributed by atoms with van der Waals surface area (Å²) in [5, 5.41) is 2.56. The molecule has 2 atom stereocenters. The van der Waals surface area contributed by atoms with Crippen molar-refractivity contribution in [2.24, 2.45) is 0 Å². The molecule has 0 radical (unpaired) electrons. The number of benzene rings is 2. The number of nitrogens with zero attached hydrogens (tertiary/aromatic N) is 2. The molecule has 0 bridgehead atoms. The fourth-order valence-electron chi connectivity index (χ4n) is 4.71. The predicted octanol–water partition coefficient (Wildman–Crippen LogP) is 3.83. The molecule has 2 aromatic carbocycles. The smallest absolute Gasteiger partial charge is 0.346 e. The number of rotatable bonds is 10. The molecule has 2 aromatic rings. The molecule has 40 heavy (non-hydrogen) atoms. The fourth-order valence-corrected chi connectivity index (χ4v) is 5.74. The first-order chi connectivity index (χ1) is 18.9. The molecule has 1 aliphatic carbocycles. The number of amides is 3. The molecular formula is C26H27ClF2N3O7P. The Morgan fingerprint density at radius 2 is 1.80 bits per heavy atom. The van der Waals surface area contributed by atoms with Crippen LogP contribution in [0.2, 0.25) is 5.02 Å². The number of phosphoric ester groups is 1. The lowest BCUT2D eigenvalue weighted by Crippen LogP contribution is -2.53.